The van der Waals surface area contributed by atoms with E-state index in [4.69, 9.17) is 14.7 Å². The first-order valence-corrected chi connectivity index (χ1v) is 12.8. The molecule has 5 atom stereocenters. The average Bonchev–Trinajstić information content (AvgIpc) is 3.14. The number of nitrogens with zero attached hydrogens (tertiary/aromatic N) is 1. The molecule has 4 aliphatic rings. The maximum absolute atomic E-state index is 12.2. The molecule has 5 nitrogen and oxygen atoms in total. The normalized spacial score (nSPS) is 35.2. The Hall–Kier alpha value is -2.24. The molecule has 1 aromatic rings. The van der Waals surface area contributed by atoms with Crippen molar-refractivity contribution in [3.05, 3.63) is 58.2 Å². The van der Waals surface area contributed by atoms with Gasteiger partial charge in [0.05, 0.1) is 18.4 Å². The molecule has 0 aromatic heterocycles. The van der Waals surface area contributed by atoms with Gasteiger partial charge in [0.15, 0.2) is 5.78 Å². The first-order valence-electron chi connectivity index (χ1n) is 12.8. The van der Waals surface area contributed by atoms with Crippen molar-refractivity contribution in [2.75, 3.05) is 20.3 Å². The molecule has 4 aliphatic carbocycles. The van der Waals surface area contributed by atoms with E-state index in [0.29, 0.717) is 31.5 Å². The number of rotatable bonds is 6. The van der Waals surface area contributed by atoms with Crippen molar-refractivity contribution >= 4 is 12.0 Å². The first kappa shape index (κ1) is 23.5. The molecule has 0 unspecified atom stereocenters. The zero-order chi connectivity index (χ0) is 23.9. The molecule has 0 saturated heterocycles. The summed E-state index contributed by atoms with van der Waals surface area (Å²) in [6, 6.07) is 8.44. The molecule has 5 rings (SSSR count). The van der Waals surface area contributed by atoms with Crippen LogP contribution in [0, 0.1) is 17.3 Å². The molecular formula is C29H37NO4. The van der Waals surface area contributed by atoms with Crippen LogP contribution in [0.5, 0.6) is 0 Å². The highest BCUT2D eigenvalue weighted by Gasteiger charge is 2.63. The van der Waals surface area contributed by atoms with Crippen LogP contribution >= 0.6 is 0 Å². The second-order valence-electron chi connectivity index (χ2n) is 10.8. The van der Waals surface area contributed by atoms with Crippen LogP contribution in [0.2, 0.25) is 0 Å². The number of oxime groups is 1. The maximum atomic E-state index is 12.2. The Kier molecular flexibility index (Phi) is 6.28. The highest BCUT2D eigenvalue weighted by molar-refractivity contribution is 5.93. The number of ketones is 1. The minimum atomic E-state index is -0.274. The van der Waals surface area contributed by atoms with Gasteiger partial charge in [0, 0.05) is 31.5 Å². The summed E-state index contributed by atoms with van der Waals surface area (Å²) in [5.74, 6) is 1.64. The Morgan fingerprint density at radius 2 is 1.97 bits per heavy atom. The number of carbonyl (C=O) groups excluding carboxylic acids is 1. The summed E-state index contributed by atoms with van der Waals surface area (Å²) in [5.41, 5.74) is 6.25. The molecule has 0 aliphatic heterocycles. The van der Waals surface area contributed by atoms with Crippen LogP contribution in [0.3, 0.4) is 0 Å². The molecular weight excluding hydrogens is 426 g/mol. The lowest BCUT2D eigenvalue weighted by Gasteiger charge is -2.55. The van der Waals surface area contributed by atoms with E-state index < -0.39 is 0 Å². The quantitative estimate of drug-likeness (QED) is 0.328. The minimum absolute atomic E-state index is 0.00719. The summed E-state index contributed by atoms with van der Waals surface area (Å²) in [7, 11) is 1.87. The molecule has 0 radical (unpaired) electrons. The second kappa shape index (κ2) is 9.09. The van der Waals surface area contributed by atoms with Gasteiger partial charge in [0.25, 0.3) is 0 Å². The number of benzene rings is 1. The maximum Gasteiger partial charge on any atom is 0.156 e. The fraction of sp³-hybridized carbons (Fsp3) is 0.586. The number of carbonyl (C=O) groups is 1. The molecule has 1 N–H and O–H groups in total. The lowest BCUT2D eigenvalue weighted by atomic mass is 9.51. The number of allylic oxidation sites excluding steroid dienone is 4. The van der Waals surface area contributed by atoms with Crippen LogP contribution in [0.25, 0.3) is 0 Å². The van der Waals surface area contributed by atoms with Crippen LogP contribution < -0.4 is 0 Å². The highest BCUT2D eigenvalue weighted by atomic mass is 16.5. The first-order chi connectivity index (χ1) is 16.5. The number of methoxy groups -OCH3 is 1. The van der Waals surface area contributed by atoms with Crippen LogP contribution in [0.1, 0.15) is 75.8 Å². The Morgan fingerprint density at radius 3 is 2.68 bits per heavy atom. The second-order valence-corrected chi connectivity index (χ2v) is 10.8. The van der Waals surface area contributed by atoms with Crippen LogP contribution in [-0.2, 0) is 14.3 Å². The molecule has 0 bridgehead atoms. The fourth-order valence-corrected chi connectivity index (χ4v) is 7.82. The summed E-state index contributed by atoms with van der Waals surface area (Å²) in [6.45, 7) is 5.85. The van der Waals surface area contributed by atoms with Crippen LogP contribution in [0.15, 0.2) is 52.2 Å². The van der Waals surface area contributed by atoms with Gasteiger partial charge >= 0.3 is 0 Å². The van der Waals surface area contributed by atoms with Gasteiger partial charge in [-0.2, -0.15) is 0 Å². The smallest absolute Gasteiger partial charge is 0.156 e. The van der Waals surface area contributed by atoms with Crippen molar-refractivity contribution in [1.29, 1.82) is 0 Å². The highest BCUT2D eigenvalue weighted by Crippen LogP contribution is 2.67. The van der Waals surface area contributed by atoms with E-state index in [2.05, 4.69) is 31.1 Å². The zero-order valence-electron chi connectivity index (χ0n) is 20.7. The number of fused-ring (bicyclic) bond motifs is 4. The van der Waals surface area contributed by atoms with E-state index in [9.17, 15) is 4.79 Å². The summed E-state index contributed by atoms with van der Waals surface area (Å²) in [5, 5.41) is 12.1. The van der Waals surface area contributed by atoms with Gasteiger partial charge in [-0.1, -0.05) is 41.9 Å². The topological polar surface area (TPSA) is 68.1 Å². The summed E-state index contributed by atoms with van der Waals surface area (Å²) < 4.78 is 12.4. The van der Waals surface area contributed by atoms with E-state index >= 15 is 0 Å². The molecule has 1 aromatic carbocycles. The number of hydrogen-bond donors (Lipinski definition) is 1. The largest absolute Gasteiger partial charge is 0.411 e. The van der Waals surface area contributed by atoms with Gasteiger partial charge < -0.3 is 14.7 Å². The van der Waals surface area contributed by atoms with E-state index in [1.165, 1.54) is 22.9 Å². The van der Waals surface area contributed by atoms with E-state index in [1.54, 1.807) is 5.57 Å². The molecule has 34 heavy (non-hydrogen) atoms. The van der Waals surface area contributed by atoms with Gasteiger partial charge in [0.1, 0.15) is 0 Å². The van der Waals surface area contributed by atoms with Crippen LogP contribution in [-0.4, -0.2) is 43.1 Å². The minimum Gasteiger partial charge on any atom is -0.411 e. The fourth-order valence-electron chi connectivity index (χ4n) is 7.82. The van der Waals surface area contributed by atoms with E-state index in [1.807, 2.05) is 25.3 Å². The predicted octanol–water partition coefficient (Wildman–Crippen LogP) is 5.82. The van der Waals surface area contributed by atoms with Gasteiger partial charge in [-0.15, -0.1) is 0 Å². The van der Waals surface area contributed by atoms with Gasteiger partial charge in [-0.25, -0.2) is 0 Å². The Morgan fingerprint density at radius 1 is 1.18 bits per heavy atom. The zero-order valence-corrected chi connectivity index (χ0v) is 20.7. The molecule has 0 spiro atoms. The van der Waals surface area contributed by atoms with Gasteiger partial charge in [0.2, 0.25) is 0 Å². The monoisotopic (exact) mass is 463 g/mol. The van der Waals surface area contributed by atoms with E-state index in [-0.39, 0.29) is 22.7 Å². The molecule has 182 valence electrons. The summed E-state index contributed by atoms with van der Waals surface area (Å²) >= 11 is 0. The molecule has 0 amide bonds. The standard InChI is InChI=1S/C29H37NO4/c1-4-34-18-29(33-3)14-13-26-24-11-9-21-15-22(31)10-12-23(21)27(24)25(16-28(26,29)2)20-7-5-19(6-8-20)17-30-32/h5-8,15,17,24-26,32H,4,9-14,16,18H2,1-3H3/b30-17-/t24-,25+,26-,28-,29+/m0/s1. The van der Waals surface area contributed by atoms with Crippen molar-refractivity contribution in [3.63, 3.8) is 0 Å². The average molecular weight is 464 g/mol. The SMILES string of the molecule is CCOC[C@]1(OC)CC[C@H]2[C@@H]3CCC4=CC(=O)CCC4=C3[C@@H](c3ccc(/C=N\O)cc3)C[C@@]21C. The lowest BCUT2D eigenvalue weighted by Crippen LogP contribution is -2.54. The third kappa shape index (κ3) is 3.59. The molecule has 2 fully saturated rings. The van der Waals surface area contributed by atoms with Crippen molar-refractivity contribution in [3.8, 4) is 0 Å². The Labute approximate surface area is 202 Å². The Bertz CT molecular complexity index is 1040. The lowest BCUT2D eigenvalue weighted by molar-refractivity contribution is -0.154. The van der Waals surface area contributed by atoms with Crippen molar-refractivity contribution < 1.29 is 19.5 Å². The molecule has 0 heterocycles. The third-order valence-corrected chi connectivity index (χ3v) is 9.50. The summed E-state index contributed by atoms with van der Waals surface area (Å²) in [4.78, 5) is 12.2. The van der Waals surface area contributed by atoms with Crippen LogP contribution in [0.4, 0.5) is 0 Å². The Balaban J connectivity index is 1.64. The van der Waals surface area contributed by atoms with Crippen molar-refractivity contribution in [2.24, 2.45) is 22.4 Å². The summed E-state index contributed by atoms with van der Waals surface area (Å²) in [6.07, 6.45) is 10.2. The van der Waals surface area contributed by atoms with Crippen molar-refractivity contribution in [1.82, 2.24) is 0 Å². The number of ether oxygens (including phenoxy) is 2. The molecule has 2 saturated carbocycles. The van der Waals surface area contributed by atoms with E-state index in [0.717, 1.165) is 44.1 Å². The molecule has 5 heteroatoms. The van der Waals surface area contributed by atoms with Crippen molar-refractivity contribution in [2.45, 2.75) is 70.3 Å². The number of hydrogen-bond acceptors (Lipinski definition) is 5. The third-order valence-electron chi connectivity index (χ3n) is 9.50. The van der Waals surface area contributed by atoms with Gasteiger partial charge in [-0.3, -0.25) is 4.79 Å². The predicted molar refractivity (Wildman–Crippen MR) is 132 cm³/mol. The van der Waals surface area contributed by atoms with Gasteiger partial charge in [-0.05, 0) is 85.6 Å².